The number of carbonyl (C=O) groups excluding carboxylic acids is 2. The summed E-state index contributed by atoms with van der Waals surface area (Å²) >= 11 is 3.93. The zero-order chi connectivity index (χ0) is 19.6. The minimum Gasteiger partial charge on any atom is -0.378 e. The van der Waals surface area contributed by atoms with Crippen LogP contribution >= 0.6 is 12.6 Å². The Balaban J connectivity index is 1.79. The Morgan fingerprint density at radius 1 is 1.44 bits per heavy atom. The number of anilines is 1. The van der Waals surface area contributed by atoms with Gasteiger partial charge in [0.25, 0.3) is 11.8 Å². The van der Waals surface area contributed by atoms with Gasteiger partial charge in [-0.2, -0.15) is 0 Å². The summed E-state index contributed by atoms with van der Waals surface area (Å²) in [7, 11) is 1.89. The molecule has 0 spiro atoms. The number of fused-ring (bicyclic) bond motifs is 1. The average Bonchev–Trinajstić information content (AvgIpc) is 3.04. The van der Waals surface area contributed by atoms with E-state index in [1.165, 1.54) is 0 Å². The molecule has 1 saturated heterocycles. The standard InChI is InChI=1S/C19H24FN3O3S/c1-12(27)17(24)22-19(6-8-26-11-19)18(25)21-14-3-4-15-13(9-14)5-7-23(2)10-16(15)20/h3-4,9,16,27H,1,5-8,10-11H2,2H3,(H,21,25)(H,22,24). The van der Waals surface area contributed by atoms with E-state index in [9.17, 15) is 14.0 Å². The van der Waals surface area contributed by atoms with E-state index in [1.54, 1.807) is 12.1 Å². The minimum absolute atomic E-state index is 0.0252. The molecule has 0 radical (unpaired) electrons. The van der Waals surface area contributed by atoms with Crippen molar-refractivity contribution in [1.29, 1.82) is 0 Å². The molecule has 2 atom stereocenters. The molecule has 2 aliphatic rings. The molecule has 1 fully saturated rings. The number of halogens is 1. The lowest BCUT2D eigenvalue weighted by atomic mass is 9.96. The fraction of sp³-hybridized carbons (Fsp3) is 0.474. The first-order chi connectivity index (χ1) is 12.8. The molecule has 0 bridgehead atoms. The fourth-order valence-corrected chi connectivity index (χ4v) is 3.48. The van der Waals surface area contributed by atoms with Gasteiger partial charge in [0, 0.05) is 31.8 Å². The fourth-order valence-electron chi connectivity index (χ4n) is 3.42. The summed E-state index contributed by atoms with van der Waals surface area (Å²) in [6.07, 6.45) is 0.0152. The number of benzene rings is 1. The van der Waals surface area contributed by atoms with E-state index >= 15 is 0 Å². The first-order valence-corrected chi connectivity index (χ1v) is 9.30. The molecule has 1 aromatic rings. The molecule has 2 aliphatic heterocycles. The first kappa shape index (κ1) is 19.9. The van der Waals surface area contributed by atoms with Crippen LogP contribution in [0.2, 0.25) is 0 Å². The van der Waals surface area contributed by atoms with Crippen molar-refractivity contribution in [2.24, 2.45) is 0 Å². The maximum Gasteiger partial charge on any atom is 0.257 e. The second-order valence-corrected chi connectivity index (χ2v) is 7.67. The molecule has 146 valence electrons. The van der Waals surface area contributed by atoms with E-state index in [1.807, 2.05) is 18.0 Å². The topological polar surface area (TPSA) is 70.7 Å². The maximum absolute atomic E-state index is 14.4. The molecule has 1 aromatic carbocycles. The van der Waals surface area contributed by atoms with Gasteiger partial charge in [-0.25, -0.2) is 4.39 Å². The number of amides is 2. The molecule has 2 amide bonds. The van der Waals surface area contributed by atoms with E-state index in [0.29, 0.717) is 37.2 Å². The highest BCUT2D eigenvalue weighted by Gasteiger charge is 2.44. The predicted molar refractivity (Wildman–Crippen MR) is 105 cm³/mol. The number of carbonyl (C=O) groups is 2. The highest BCUT2D eigenvalue weighted by molar-refractivity contribution is 7.85. The second kappa shape index (κ2) is 8.00. The van der Waals surface area contributed by atoms with Gasteiger partial charge < -0.3 is 20.3 Å². The predicted octanol–water partition coefficient (Wildman–Crippen LogP) is 1.84. The lowest BCUT2D eigenvalue weighted by molar-refractivity contribution is -0.128. The molecule has 27 heavy (non-hydrogen) atoms. The number of hydrogen-bond acceptors (Lipinski definition) is 5. The Bertz CT molecular complexity index is 765. The number of ether oxygens (including phenoxy) is 1. The summed E-state index contributed by atoms with van der Waals surface area (Å²) < 4.78 is 19.7. The van der Waals surface area contributed by atoms with Gasteiger partial charge in [0.05, 0.1) is 11.5 Å². The van der Waals surface area contributed by atoms with Crippen LogP contribution in [0.4, 0.5) is 10.1 Å². The molecule has 2 unspecified atom stereocenters. The van der Waals surface area contributed by atoms with Crippen LogP contribution in [0.25, 0.3) is 0 Å². The Morgan fingerprint density at radius 2 is 2.22 bits per heavy atom. The first-order valence-electron chi connectivity index (χ1n) is 8.86. The Kier molecular flexibility index (Phi) is 5.88. The second-order valence-electron chi connectivity index (χ2n) is 7.13. The smallest absolute Gasteiger partial charge is 0.257 e. The minimum atomic E-state index is -1.17. The van der Waals surface area contributed by atoms with Crippen molar-refractivity contribution >= 4 is 30.1 Å². The molecule has 0 aromatic heterocycles. The van der Waals surface area contributed by atoms with Gasteiger partial charge in [-0.15, -0.1) is 12.6 Å². The third-order valence-electron chi connectivity index (χ3n) is 5.04. The number of rotatable bonds is 4. The van der Waals surface area contributed by atoms with Gasteiger partial charge >= 0.3 is 0 Å². The largest absolute Gasteiger partial charge is 0.378 e. The zero-order valence-electron chi connectivity index (χ0n) is 15.3. The Morgan fingerprint density at radius 3 is 2.89 bits per heavy atom. The van der Waals surface area contributed by atoms with Gasteiger partial charge in [-0.05, 0) is 36.7 Å². The lowest BCUT2D eigenvalue weighted by Gasteiger charge is -2.27. The summed E-state index contributed by atoms with van der Waals surface area (Å²) in [5.74, 6) is -0.880. The van der Waals surface area contributed by atoms with Gasteiger partial charge in [0.2, 0.25) is 0 Å². The number of alkyl halides is 1. The van der Waals surface area contributed by atoms with Crippen LogP contribution in [0.1, 0.15) is 23.7 Å². The molecular formula is C19H24FN3O3S. The number of nitrogens with zero attached hydrogens (tertiary/aromatic N) is 1. The van der Waals surface area contributed by atoms with Crippen molar-refractivity contribution in [2.45, 2.75) is 24.6 Å². The maximum atomic E-state index is 14.4. The van der Waals surface area contributed by atoms with E-state index in [0.717, 1.165) is 12.1 Å². The quantitative estimate of drug-likeness (QED) is 0.539. The summed E-state index contributed by atoms with van der Waals surface area (Å²) in [6, 6.07) is 5.22. The Labute approximate surface area is 163 Å². The molecular weight excluding hydrogens is 369 g/mol. The van der Waals surface area contributed by atoms with Crippen molar-refractivity contribution in [3.63, 3.8) is 0 Å². The Hall–Kier alpha value is -1.90. The summed E-state index contributed by atoms with van der Waals surface area (Å²) in [5, 5.41) is 5.52. The molecule has 0 aliphatic carbocycles. The zero-order valence-corrected chi connectivity index (χ0v) is 16.2. The van der Waals surface area contributed by atoms with Crippen molar-refractivity contribution in [1.82, 2.24) is 10.2 Å². The van der Waals surface area contributed by atoms with Crippen LogP contribution < -0.4 is 10.6 Å². The summed E-state index contributed by atoms with van der Waals surface area (Å²) in [6.45, 7) is 5.04. The van der Waals surface area contributed by atoms with Crippen molar-refractivity contribution in [2.75, 3.05) is 38.7 Å². The third kappa shape index (κ3) is 4.34. The molecule has 2 heterocycles. The third-order valence-corrected chi connectivity index (χ3v) is 5.25. The van der Waals surface area contributed by atoms with Crippen LogP contribution in [-0.4, -0.2) is 55.6 Å². The molecule has 2 N–H and O–H groups in total. The van der Waals surface area contributed by atoms with Gasteiger partial charge in [0.1, 0.15) is 11.7 Å². The number of likely N-dealkylation sites (N-methyl/N-ethyl adjacent to an activating group) is 1. The van der Waals surface area contributed by atoms with E-state index < -0.39 is 17.6 Å². The van der Waals surface area contributed by atoms with E-state index in [2.05, 4.69) is 29.8 Å². The van der Waals surface area contributed by atoms with Gasteiger partial charge in [-0.3, -0.25) is 9.59 Å². The lowest BCUT2D eigenvalue weighted by Crippen LogP contribution is -2.57. The summed E-state index contributed by atoms with van der Waals surface area (Å²) in [4.78, 5) is 26.9. The van der Waals surface area contributed by atoms with Crippen molar-refractivity contribution in [3.8, 4) is 0 Å². The van der Waals surface area contributed by atoms with Gasteiger partial charge in [0.15, 0.2) is 0 Å². The highest BCUT2D eigenvalue weighted by atomic mass is 32.1. The van der Waals surface area contributed by atoms with Crippen LogP contribution in [-0.2, 0) is 20.7 Å². The summed E-state index contributed by atoms with van der Waals surface area (Å²) in [5.41, 5.74) is 0.948. The molecule has 0 saturated carbocycles. The van der Waals surface area contributed by atoms with Crippen LogP contribution in [0.3, 0.4) is 0 Å². The van der Waals surface area contributed by atoms with Crippen LogP contribution in [0, 0.1) is 0 Å². The molecule has 3 rings (SSSR count). The number of hydrogen-bond donors (Lipinski definition) is 3. The normalized spacial score (nSPS) is 25.4. The van der Waals surface area contributed by atoms with Crippen LogP contribution in [0.15, 0.2) is 29.7 Å². The SMILES string of the molecule is C=C(S)C(=O)NC1(C(=O)Nc2ccc3c(c2)CCN(C)CC3F)CCOC1. The van der Waals surface area contributed by atoms with Crippen LogP contribution in [0.5, 0.6) is 0 Å². The highest BCUT2D eigenvalue weighted by Crippen LogP contribution is 2.29. The van der Waals surface area contributed by atoms with Gasteiger partial charge in [-0.1, -0.05) is 12.6 Å². The molecule has 8 heteroatoms. The molecule has 6 nitrogen and oxygen atoms in total. The van der Waals surface area contributed by atoms with E-state index in [4.69, 9.17) is 4.74 Å². The monoisotopic (exact) mass is 393 g/mol. The average molecular weight is 393 g/mol. The van der Waals surface area contributed by atoms with Crippen molar-refractivity contribution < 1.29 is 18.7 Å². The number of thiol groups is 1. The van der Waals surface area contributed by atoms with Crippen molar-refractivity contribution in [3.05, 3.63) is 40.8 Å². The number of nitrogens with one attached hydrogen (secondary N) is 2. The van der Waals surface area contributed by atoms with E-state index in [-0.39, 0.29) is 17.4 Å².